The molecule has 0 aromatic heterocycles. The van der Waals surface area contributed by atoms with Crippen molar-refractivity contribution in [2.75, 3.05) is 7.05 Å². The molecule has 54 valence electrons. The molecule has 0 atom stereocenters. The second-order valence-electron chi connectivity index (χ2n) is 0. The SMILES string of the molecule is CN.Cl.Cl.Cl.N.N. The number of hydrogen-bond acceptors (Lipinski definition) is 3. The molecule has 8 N–H and O–H groups in total. The van der Waals surface area contributed by atoms with E-state index in [4.69, 9.17) is 0 Å². The van der Waals surface area contributed by atoms with Crippen molar-refractivity contribution < 1.29 is 0 Å². The summed E-state index contributed by atoms with van der Waals surface area (Å²) < 4.78 is 0. The predicted octanol–water partition coefficient (Wildman–Crippen LogP) is 1.16. The summed E-state index contributed by atoms with van der Waals surface area (Å²) in [5, 5.41) is 0. The highest BCUT2D eigenvalue weighted by Crippen LogP contribution is 0.692. The summed E-state index contributed by atoms with van der Waals surface area (Å²) in [6.07, 6.45) is 0. The average Bonchev–Trinajstić information content (AvgIpc) is 1.00. The maximum absolute atomic E-state index is 4.50. The molecule has 0 heterocycles. The lowest BCUT2D eigenvalue weighted by atomic mass is 11.6. The highest BCUT2D eigenvalue weighted by molar-refractivity contribution is 5.86. The van der Waals surface area contributed by atoms with Crippen LogP contribution in [0.4, 0.5) is 0 Å². The molecule has 0 saturated carbocycles. The Morgan fingerprint density at radius 2 is 0.714 bits per heavy atom. The number of rotatable bonds is 0. The lowest BCUT2D eigenvalue weighted by molar-refractivity contribution is 1.48. The van der Waals surface area contributed by atoms with Crippen molar-refractivity contribution in [3.05, 3.63) is 0 Å². The molecule has 0 spiro atoms. The highest BCUT2D eigenvalue weighted by atomic mass is 35.5. The van der Waals surface area contributed by atoms with Gasteiger partial charge in [0.2, 0.25) is 0 Å². The largest absolute Gasteiger partial charge is 0.344 e. The topological polar surface area (TPSA) is 96.0 Å². The van der Waals surface area contributed by atoms with Crippen molar-refractivity contribution in [2.24, 2.45) is 5.73 Å². The fourth-order valence-electron chi connectivity index (χ4n) is 0. The van der Waals surface area contributed by atoms with Gasteiger partial charge in [-0.25, -0.2) is 0 Å². The van der Waals surface area contributed by atoms with E-state index in [-0.39, 0.29) is 49.5 Å². The summed E-state index contributed by atoms with van der Waals surface area (Å²) in [5.74, 6) is 0. The van der Waals surface area contributed by atoms with Gasteiger partial charge in [0.15, 0.2) is 0 Å². The van der Waals surface area contributed by atoms with Gasteiger partial charge in [-0.15, -0.1) is 37.2 Å². The maximum Gasteiger partial charge on any atom is -0.0195 e. The molecular weight excluding hydrogens is 160 g/mol. The van der Waals surface area contributed by atoms with Crippen LogP contribution in [0.5, 0.6) is 0 Å². The molecule has 0 amide bonds. The van der Waals surface area contributed by atoms with Crippen LogP contribution >= 0.6 is 37.2 Å². The molecule has 0 radical (unpaired) electrons. The van der Waals surface area contributed by atoms with Gasteiger partial charge in [0.1, 0.15) is 0 Å². The molecule has 0 aliphatic heterocycles. The first-order chi connectivity index (χ1) is 1.00. The molecule has 6 heteroatoms. The Kier molecular flexibility index (Phi) is 6540. The van der Waals surface area contributed by atoms with E-state index in [2.05, 4.69) is 5.73 Å². The highest BCUT2D eigenvalue weighted by Gasteiger charge is 0.836. The van der Waals surface area contributed by atoms with Gasteiger partial charge < -0.3 is 18.0 Å². The van der Waals surface area contributed by atoms with E-state index >= 15 is 0 Å². The Balaban J connectivity index is -0.000000000500. The first kappa shape index (κ1) is 115. The van der Waals surface area contributed by atoms with Crippen molar-refractivity contribution in [1.82, 2.24) is 12.3 Å². The minimum Gasteiger partial charge on any atom is -0.344 e. The van der Waals surface area contributed by atoms with Gasteiger partial charge in [0.05, 0.1) is 0 Å². The van der Waals surface area contributed by atoms with Gasteiger partial charge in [-0.2, -0.15) is 0 Å². The van der Waals surface area contributed by atoms with E-state index in [0.717, 1.165) is 0 Å². The summed E-state index contributed by atoms with van der Waals surface area (Å²) in [6, 6.07) is 0. The van der Waals surface area contributed by atoms with Crippen molar-refractivity contribution in [2.45, 2.75) is 0 Å². The van der Waals surface area contributed by atoms with Crippen LogP contribution in [0.3, 0.4) is 0 Å². The van der Waals surface area contributed by atoms with Crippen LogP contribution in [0.1, 0.15) is 0 Å². The second-order valence-corrected chi connectivity index (χ2v) is 0. The molecule has 0 fully saturated rings. The van der Waals surface area contributed by atoms with Crippen LogP contribution in [0, 0.1) is 0 Å². The lowest BCUT2D eigenvalue weighted by Crippen LogP contribution is -1.69. The van der Waals surface area contributed by atoms with Crippen molar-refractivity contribution in [3.63, 3.8) is 0 Å². The molecule has 0 bridgehead atoms. The van der Waals surface area contributed by atoms with Crippen molar-refractivity contribution in [3.8, 4) is 0 Å². The zero-order chi connectivity index (χ0) is 2.00. The molecule has 3 nitrogen and oxygen atoms in total. The van der Waals surface area contributed by atoms with E-state index in [0.29, 0.717) is 0 Å². The summed E-state index contributed by atoms with van der Waals surface area (Å²) in [7, 11) is 1.50. The maximum atomic E-state index is 4.50. The summed E-state index contributed by atoms with van der Waals surface area (Å²) in [5.41, 5.74) is 4.50. The molecule has 0 aliphatic carbocycles. The zero-order valence-corrected chi connectivity index (χ0v) is 6.67. The number of nitrogens with two attached hydrogens (primary N) is 1. The number of hydrogen-bond donors (Lipinski definition) is 3. The third-order valence-corrected chi connectivity index (χ3v) is 0. The van der Waals surface area contributed by atoms with Gasteiger partial charge in [0, 0.05) is 0 Å². The van der Waals surface area contributed by atoms with Crippen LogP contribution < -0.4 is 18.0 Å². The van der Waals surface area contributed by atoms with E-state index < -0.39 is 0 Å². The summed E-state index contributed by atoms with van der Waals surface area (Å²) >= 11 is 0. The molecule has 0 unspecified atom stereocenters. The Morgan fingerprint density at radius 3 is 0.714 bits per heavy atom. The standard InChI is InChI=1S/CH5N.3ClH.2H3N/c1-2;;;;;/h2H2,1H3;3*1H;2*1H3. The van der Waals surface area contributed by atoms with Gasteiger partial charge in [-0.1, -0.05) is 0 Å². The van der Waals surface area contributed by atoms with E-state index in [1.165, 1.54) is 7.05 Å². The Bertz CT molecular complexity index is 10.1. The molecule has 0 rings (SSSR count). The van der Waals surface area contributed by atoms with Crippen LogP contribution in [-0.2, 0) is 0 Å². The fraction of sp³-hybridized carbons (Fsp3) is 1.00. The molecule has 7 heavy (non-hydrogen) atoms. The van der Waals surface area contributed by atoms with Gasteiger partial charge >= 0.3 is 0 Å². The van der Waals surface area contributed by atoms with Crippen LogP contribution in [0.15, 0.2) is 0 Å². The van der Waals surface area contributed by atoms with Crippen molar-refractivity contribution in [1.29, 1.82) is 0 Å². The van der Waals surface area contributed by atoms with E-state index in [1.54, 1.807) is 0 Å². The third kappa shape index (κ3) is 271. The smallest absolute Gasteiger partial charge is 0.0195 e. The quantitative estimate of drug-likeness (QED) is 0.514. The molecular formula is CH14Cl3N3. The van der Waals surface area contributed by atoms with Crippen LogP contribution in [0.2, 0.25) is 0 Å². The lowest BCUT2D eigenvalue weighted by Gasteiger charge is -1.19. The monoisotopic (exact) mass is 173 g/mol. The number of halogens is 3. The molecule has 0 aromatic rings. The van der Waals surface area contributed by atoms with Crippen molar-refractivity contribution >= 4 is 37.2 Å². The normalized spacial score (nSPS) is 0.857. The summed E-state index contributed by atoms with van der Waals surface area (Å²) in [4.78, 5) is 0. The first-order valence-electron chi connectivity index (χ1n) is 0.577. The Morgan fingerprint density at radius 1 is 0.714 bits per heavy atom. The van der Waals surface area contributed by atoms with Gasteiger partial charge in [-0.05, 0) is 7.05 Å². The molecule has 0 aromatic carbocycles. The van der Waals surface area contributed by atoms with E-state index in [1.807, 2.05) is 0 Å². The summed E-state index contributed by atoms with van der Waals surface area (Å²) in [6.45, 7) is 0. The Labute approximate surface area is 62.8 Å². The third-order valence-electron chi connectivity index (χ3n) is 0. The predicted molar refractivity (Wildman–Crippen MR) is 41.9 cm³/mol. The van der Waals surface area contributed by atoms with Gasteiger partial charge in [-0.3, -0.25) is 0 Å². The average molecular weight is 175 g/mol. The first-order valence-corrected chi connectivity index (χ1v) is 0.577. The molecule has 0 saturated heterocycles. The van der Waals surface area contributed by atoms with Crippen LogP contribution in [-0.4, -0.2) is 7.05 Å². The zero-order valence-electron chi connectivity index (χ0n) is 4.22. The van der Waals surface area contributed by atoms with Gasteiger partial charge in [0.25, 0.3) is 0 Å². The van der Waals surface area contributed by atoms with E-state index in [9.17, 15) is 0 Å². The molecule has 0 aliphatic rings. The Hall–Kier alpha value is 0.750. The van der Waals surface area contributed by atoms with Crippen LogP contribution in [0.25, 0.3) is 0 Å². The minimum atomic E-state index is 0. The second kappa shape index (κ2) is 397. The fourth-order valence-corrected chi connectivity index (χ4v) is 0. The minimum absolute atomic E-state index is 0.